The van der Waals surface area contributed by atoms with Crippen molar-refractivity contribution < 1.29 is 36.9 Å². The number of hydrogen-bond acceptors (Lipinski definition) is 7. The van der Waals surface area contributed by atoms with Crippen molar-refractivity contribution in [3.63, 3.8) is 0 Å². The van der Waals surface area contributed by atoms with Crippen LogP contribution in [-0.2, 0) is 4.79 Å². The number of carbonyl (C=O) groups excluding carboxylic acids is 1. The third kappa shape index (κ3) is 3.15. The lowest BCUT2D eigenvalue weighted by Gasteiger charge is -2.36. The number of aromatic hydroxyl groups is 1. The largest absolute Gasteiger partial charge is 0.502 e. The molecular weight excluding hydrogens is 360 g/mol. The van der Waals surface area contributed by atoms with Gasteiger partial charge in [-0.1, -0.05) is 0 Å². The summed E-state index contributed by atoms with van der Waals surface area (Å²) < 4.78 is 59.0. The molecular formula is C15H15F2NO6S. The molecule has 1 aromatic carbocycles. The smallest absolute Gasteiger partial charge is 0.308 e. The summed E-state index contributed by atoms with van der Waals surface area (Å²) in [7, 11) is -3.23. The van der Waals surface area contributed by atoms with Crippen LogP contribution in [0.25, 0.3) is 11.3 Å². The topological polar surface area (TPSA) is 103 Å². The molecule has 2 aromatic rings. The van der Waals surface area contributed by atoms with Gasteiger partial charge in [0.1, 0.15) is 11.6 Å². The second-order valence-corrected chi connectivity index (χ2v) is 7.54. The maximum atomic E-state index is 14.0. The van der Waals surface area contributed by atoms with Crippen LogP contribution in [0.15, 0.2) is 22.6 Å². The molecule has 0 spiro atoms. The van der Waals surface area contributed by atoms with Crippen LogP contribution in [-0.4, -0.2) is 32.5 Å². The zero-order chi connectivity index (χ0) is 18.4. The fourth-order valence-corrected chi connectivity index (χ4v) is 4.09. The molecule has 1 aromatic heterocycles. The lowest BCUT2D eigenvalue weighted by Crippen LogP contribution is -2.22. The Balaban J connectivity index is 2.18. The van der Waals surface area contributed by atoms with Gasteiger partial charge in [0, 0.05) is 13.5 Å². The summed E-state index contributed by atoms with van der Waals surface area (Å²) in [5, 5.41) is 10.3. The predicted octanol–water partition coefficient (Wildman–Crippen LogP) is 3.73. The number of anilines is 1. The van der Waals surface area contributed by atoms with Crippen molar-refractivity contribution in [2.45, 2.75) is 13.3 Å². The van der Waals surface area contributed by atoms with E-state index in [9.17, 15) is 27.8 Å². The molecule has 3 rings (SSSR count). The molecule has 1 fully saturated rings. The van der Waals surface area contributed by atoms with Crippen LogP contribution in [0.2, 0.25) is 0 Å². The molecule has 0 bridgehead atoms. The van der Waals surface area contributed by atoms with E-state index < -0.39 is 51.2 Å². The number of esters is 1. The summed E-state index contributed by atoms with van der Waals surface area (Å²) in [5.41, 5.74) is -0.396. The standard InChI is InChI=1S/C15H15F2NO6S/c1-8(19)23-14-12(20)13(10-7-9(16)3-4-11(10)17)24-15(14)18-5-2-6-25(18,21)22/h3-4,7,20-22H,2,5-6H2,1H3. The number of halogens is 2. The predicted molar refractivity (Wildman–Crippen MR) is 86.7 cm³/mol. The van der Waals surface area contributed by atoms with Crippen molar-refractivity contribution >= 4 is 22.6 Å². The van der Waals surface area contributed by atoms with E-state index in [1.165, 1.54) is 0 Å². The highest BCUT2D eigenvalue weighted by molar-refractivity contribution is 8.25. The molecule has 0 saturated carbocycles. The maximum absolute atomic E-state index is 14.0. The summed E-state index contributed by atoms with van der Waals surface area (Å²) in [6, 6.07) is 2.54. The Morgan fingerprint density at radius 1 is 1.36 bits per heavy atom. The highest BCUT2D eigenvalue weighted by atomic mass is 32.3. The van der Waals surface area contributed by atoms with Gasteiger partial charge >= 0.3 is 5.97 Å². The second-order valence-electron chi connectivity index (χ2n) is 5.42. The number of carbonyl (C=O) groups is 1. The van der Waals surface area contributed by atoms with Crippen LogP contribution in [0, 0.1) is 11.6 Å². The molecule has 0 radical (unpaired) electrons. The van der Waals surface area contributed by atoms with E-state index in [-0.39, 0.29) is 18.2 Å². The molecule has 0 aliphatic carbocycles. The van der Waals surface area contributed by atoms with Crippen molar-refractivity contribution in [1.29, 1.82) is 0 Å². The van der Waals surface area contributed by atoms with E-state index >= 15 is 0 Å². The first-order valence-corrected chi connectivity index (χ1v) is 8.91. The Morgan fingerprint density at radius 2 is 2.08 bits per heavy atom. The quantitative estimate of drug-likeness (QED) is 0.702. The fraction of sp³-hybridized carbons (Fsp3) is 0.267. The minimum absolute atomic E-state index is 0.0671. The minimum Gasteiger partial charge on any atom is -0.502 e. The van der Waals surface area contributed by atoms with Gasteiger partial charge in [-0.15, -0.1) is 10.8 Å². The third-order valence-electron chi connectivity index (χ3n) is 3.60. The number of rotatable bonds is 3. The van der Waals surface area contributed by atoms with E-state index in [1.807, 2.05) is 0 Å². The van der Waals surface area contributed by atoms with Gasteiger partial charge in [0.25, 0.3) is 5.88 Å². The highest BCUT2D eigenvalue weighted by Crippen LogP contribution is 2.57. The van der Waals surface area contributed by atoms with Crippen molar-refractivity contribution in [2.24, 2.45) is 0 Å². The Kier molecular flexibility index (Phi) is 4.35. The van der Waals surface area contributed by atoms with Crippen LogP contribution in [0.1, 0.15) is 13.3 Å². The first-order valence-electron chi connectivity index (χ1n) is 7.24. The molecule has 7 nitrogen and oxygen atoms in total. The lowest BCUT2D eigenvalue weighted by atomic mass is 10.1. The monoisotopic (exact) mass is 375 g/mol. The van der Waals surface area contributed by atoms with Gasteiger partial charge in [-0.3, -0.25) is 13.9 Å². The number of benzene rings is 1. The first-order chi connectivity index (χ1) is 11.7. The molecule has 25 heavy (non-hydrogen) atoms. The van der Waals surface area contributed by atoms with Gasteiger partial charge < -0.3 is 14.3 Å². The fourth-order valence-electron chi connectivity index (χ4n) is 2.54. The maximum Gasteiger partial charge on any atom is 0.308 e. The number of nitrogens with zero attached hydrogens (tertiary/aromatic N) is 1. The molecule has 1 saturated heterocycles. The highest BCUT2D eigenvalue weighted by Gasteiger charge is 2.37. The second kappa shape index (κ2) is 6.21. The zero-order valence-corrected chi connectivity index (χ0v) is 13.8. The van der Waals surface area contributed by atoms with Crippen LogP contribution >= 0.6 is 10.8 Å². The SMILES string of the molecule is CC(=O)Oc1c(N2CCCS2(O)O)oc(-c2cc(F)ccc2F)c1O. The molecule has 1 aliphatic heterocycles. The molecule has 0 unspecified atom stereocenters. The summed E-state index contributed by atoms with van der Waals surface area (Å²) in [4.78, 5) is 11.3. The van der Waals surface area contributed by atoms with Gasteiger partial charge in [-0.05, 0) is 24.6 Å². The molecule has 3 N–H and O–H groups in total. The van der Waals surface area contributed by atoms with E-state index in [1.54, 1.807) is 0 Å². The average molecular weight is 375 g/mol. The van der Waals surface area contributed by atoms with Crippen LogP contribution < -0.4 is 9.04 Å². The lowest BCUT2D eigenvalue weighted by molar-refractivity contribution is -0.132. The Bertz CT molecular complexity index is 838. The van der Waals surface area contributed by atoms with E-state index in [2.05, 4.69) is 0 Å². The minimum atomic E-state index is -3.23. The number of furan rings is 1. The van der Waals surface area contributed by atoms with Gasteiger partial charge in [0.2, 0.25) is 11.5 Å². The summed E-state index contributed by atoms with van der Waals surface area (Å²) >= 11 is 0. The van der Waals surface area contributed by atoms with Crippen molar-refractivity contribution in [2.75, 3.05) is 16.6 Å². The summed E-state index contributed by atoms with van der Waals surface area (Å²) in [6.07, 6.45) is 0.424. The number of hydrogen-bond donors (Lipinski definition) is 3. The molecule has 0 amide bonds. The van der Waals surface area contributed by atoms with Crippen molar-refractivity contribution in [1.82, 2.24) is 0 Å². The number of ether oxygens (including phenoxy) is 1. The zero-order valence-electron chi connectivity index (χ0n) is 13.0. The van der Waals surface area contributed by atoms with Crippen molar-refractivity contribution in [3.05, 3.63) is 29.8 Å². The van der Waals surface area contributed by atoms with Gasteiger partial charge in [-0.2, -0.15) is 0 Å². The molecule has 0 atom stereocenters. The van der Waals surface area contributed by atoms with Crippen molar-refractivity contribution in [3.8, 4) is 22.8 Å². The van der Waals surface area contributed by atoms with Gasteiger partial charge in [0.05, 0.1) is 11.3 Å². The van der Waals surface area contributed by atoms with Crippen LogP contribution in [0.3, 0.4) is 0 Å². The molecule has 1 aliphatic rings. The first kappa shape index (κ1) is 17.5. The summed E-state index contributed by atoms with van der Waals surface area (Å²) in [5.74, 6) is -4.41. The molecule has 10 heteroatoms. The molecule has 2 heterocycles. The summed E-state index contributed by atoms with van der Waals surface area (Å²) in [6.45, 7) is 1.23. The average Bonchev–Trinajstić information content (AvgIpc) is 3.02. The van der Waals surface area contributed by atoms with E-state index in [0.717, 1.165) is 29.4 Å². The Labute approximate surface area is 142 Å². The molecule has 136 valence electrons. The Morgan fingerprint density at radius 3 is 2.68 bits per heavy atom. The van der Waals surface area contributed by atoms with E-state index in [4.69, 9.17) is 9.15 Å². The van der Waals surface area contributed by atoms with E-state index in [0.29, 0.717) is 6.42 Å². The van der Waals surface area contributed by atoms with Crippen LogP contribution in [0.5, 0.6) is 11.5 Å². The Hall–Kier alpha value is -2.30. The van der Waals surface area contributed by atoms with Gasteiger partial charge in [0.15, 0.2) is 5.76 Å². The van der Waals surface area contributed by atoms with Crippen LogP contribution in [0.4, 0.5) is 14.7 Å². The third-order valence-corrected chi connectivity index (χ3v) is 5.49. The van der Waals surface area contributed by atoms with Gasteiger partial charge in [-0.25, -0.2) is 13.1 Å². The normalized spacial score (nSPS) is 17.6.